The first-order chi connectivity index (χ1) is 43.1. The van der Waals surface area contributed by atoms with Gasteiger partial charge in [-0.25, -0.2) is 9.13 Å². The summed E-state index contributed by atoms with van der Waals surface area (Å²) in [7, 11) is -9.90. The van der Waals surface area contributed by atoms with Gasteiger partial charge in [-0.15, -0.1) is 0 Å². The quantitative estimate of drug-likeness (QED) is 0.0222. The van der Waals surface area contributed by atoms with Gasteiger partial charge >= 0.3 is 39.5 Å². The van der Waals surface area contributed by atoms with E-state index >= 15 is 0 Å². The molecule has 0 spiro atoms. The number of rotatable bonds is 68. The zero-order chi connectivity index (χ0) is 66.8. The monoisotopic (exact) mass is 1320 g/mol. The molecule has 0 rings (SSSR count). The summed E-state index contributed by atoms with van der Waals surface area (Å²) in [5, 5.41) is 10.6. The van der Waals surface area contributed by atoms with Crippen LogP contribution in [0.15, 0.2) is 0 Å². The van der Waals surface area contributed by atoms with Crippen molar-refractivity contribution in [3.8, 4) is 0 Å². The SMILES string of the molecule is CCC(C)CCCCCCCCCCCCCCCCC(=O)OC[C@H](COP(=O)(O)OC[C@@H](O)COP(=O)(O)OC[C@@H](COC(=O)CCCCCCCCC(C)C)OC(=O)CCCCCCCCCCC(C)C)OC(=O)CCCCCCCCCCCC(C)C. The Morgan fingerprint density at radius 1 is 0.311 bits per heavy atom. The number of hydrogen-bond acceptors (Lipinski definition) is 15. The van der Waals surface area contributed by atoms with Gasteiger partial charge in [-0.05, 0) is 49.4 Å². The lowest BCUT2D eigenvalue weighted by Crippen LogP contribution is -2.30. The van der Waals surface area contributed by atoms with Crippen molar-refractivity contribution in [2.75, 3.05) is 39.6 Å². The van der Waals surface area contributed by atoms with Crippen molar-refractivity contribution >= 4 is 39.5 Å². The first-order valence-corrected chi connectivity index (χ1v) is 39.7. The summed E-state index contributed by atoms with van der Waals surface area (Å²) in [6, 6.07) is 0. The molecule has 0 bridgehead atoms. The van der Waals surface area contributed by atoms with Crippen LogP contribution in [-0.2, 0) is 65.4 Å². The minimum Gasteiger partial charge on any atom is -0.462 e. The largest absolute Gasteiger partial charge is 0.472 e. The van der Waals surface area contributed by atoms with E-state index in [9.17, 15) is 43.2 Å². The summed E-state index contributed by atoms with van der Waals surface area (Å²) >= 11 is 0. The minimum atomic E-state index is -4.95. The van der Waals surface area contributed by atoms with Crippen molar-refractivity contribution in [3.05, 3.63) is 0 Å². The molecule has 0 amide bonds. The molecule has 0 aliphatic carbocycles. The van der Waals surface area contributed by atoms with E-state index in [2.05, 4.69) is 55.4 Å². The maximum atomic E-state index is 13.0. The van der Waals surface area contributed by atoms with Gasteiger partial charge in [0.05, 0.1) is 26.4 Å². The molecule has 3 N–H and O–H groups in total. The summed E-state index contributed by atoms with van der Waals surface area (Å²) in [5.74, 6) is 0.852. The summed E-state index contributed by atoms with van der Waals surface area (Å²) in [4.78, 5) is 72.5. The van der Waals surface area contributed by atoms with Crippen molar-refractivity contribution in [2.24, 2.45) is 23.7 Å². The number of carbonyl (C=O) groups is 4. The van der Waals surface area contributed by atoms with Crippen LogP contribution >= 0.6 is 15.6 Å². The fourth-order valence-electron chi connectivity index (χ4n) is 10.6. The summed E-state index contributed by atoms with van der Waals surface area (Å²) in [5.41, 5.74) is 0. The standard InChI is InChI=1S/C71H138O17P2/c1-9-64(8)50-42-34-25-18-14-12-10-11-13-15-19-26-35-43-51-68(73)81-57-66(87-70(75)53-45-37-27-20-16-17-23-31-39-47-61(2)3)59-85-89(77,78)83-55-65(72)56-84-90(79,80)86-60-67(58-82-69(74)52-44-36-30-29-33-41-49-63(6)7)88-71(76)54-46-38-28-22-21-24-32-40-48-62(4)5/h61-67,72H,9-60H2,1-8H3,(H,77,78)(H,79,80)/t64?,65-,66-,67-/m1/s1. The minimum absolute atomic E-state index is 0.103. The van der Waals surface area contributed by atoms with Crippen LogP contribution in [0.2, 0.25) is 0 Å². The van der Waals surface area contributed by atoms with Crippen molar-refractivity contribution < 1.29 is 80.2 Å². The van der Waals surface area contributed by atoms with E-state index in [0.717, 1.165) is 114 Å². The first-order valence-electron chi connectivity index (χ1n) is 36.7. The van der Waals surface area contributed by atoms with Gasteiger partial charge in [0.1, 0.15) is 19.3 Å². The lowest BCUT2D eigenvalue weighted by Gasteiger charge is -2.21. The van der Waals surface area contributed by atoms with Crippen LogP contribution in [0.25, 0.3) is 0 Å². The number of phosphoric acid groups is 2. The second-order valence-electron chi connectivity index (χ2n) is 27.3. The fraction of sp³-hybridized carbons (Fsp3) is 0.944. The van der Waals surface area contributed by atoms with Gasteiger partial charge in [0.25, 0.3) is 0 Å². The number of carbonyl (C=O) groups excluding carboxylic acids is 4. The van der Waals surface area contributed by atoms with Crippen LogP contribution in [0.3, 0.4) is 0 Å². The molecule has 17 nitrogen and oxygen atoms in total. The predicted molar refractivity (Wildman–Crippen MR) is 363 cm³/mol. The Hall–Kier alpha value is -1.94. The lowest BCUT2D eigenvalue weighted by molar-refractivity contribution is -0.161. The normalized spacial score (nSPS) is 14.6. The van der Waals surface area contributed by atoms with Crippen molar-refractivity contribution in [2.45, 2.75) is 369 Å². The summed E-state index contributed by atoms with van der Waals surface area (Å²) in [6.45, 7) is 14.1. The van der Waals surface area contributed by atoms with Gasteiger partial charge in [0.2, 0.25) is 0 Å². The van der Waals surface area contributed by atoms with Gasteiger partial charge in [-0.3, -0.25) is 37.3 Å². The van der Waals surface area contributed by atoms with Crippen LogP contribution in [0.5, 0.6) is 0 Å². The highest BCUT2D eigenvalue weighted by Gasteiger charge is 2.30. The highest BCUT2D eigenvalue weighted by Crippen LogP contribution is 2.45. The third-order valence-electron chi connectivity index (χ3n) is 16.7. The van der Waals surface area contributed by atoms with Crippen LogP contribution < -0.4 is 0 Å². The molecular formula is C71H138O17P2. The molecule has 0 aromatic carbocycles. The molecule has 0 aliphatic heterocycles. The number of hydrogen-bond donors (Lipinski definition) is 3. The predicted octanol–water partition coefficient (Wildman–Crippen LogP) is 20.1. The first kappa shape index (κ1) is 88.1. The van der Waals surface area contributed by atoms with Crippen molar-refractivity contribution in [1.29, 1.82) is 0 Å². The zero-order valence-corrected chi connectivity index (χ0v) is 60.6. The molecule has 0 saturated carbocycles. The highest BCUT2D eigenvalue weighted by atomic mass is 31.2. The number of phosphoric ester groups is 2. The number of aliphatic hydroxyl groups excluding tert-OH is 1. The van der Waals surface area contributed by atoms with E-state index < -0.39 is 97.5 Å². The smallest absolute Gasteiger partial charge is 0.462 e. The van der Waals surface area contributed by atoms with E-state index in [-0.39, 0.29) is 25.7 Å². The second-order valence-corrected chi connectivity index (χ2v) is 30.2. The zero-order valence-electron chi connectivity index (χ0n) is 58.8. The Balaban J connectivity index is 5.21. The van der Waals surface area contributed by atoms with E-state index in [1.165, 1.54) is 148 Å². The topological polar surface area (TPSA) is 237 Å². The van der Waals surface area contributed by atoms with Gasteiger partial charge in [0, 0.05) is 25.7 Å². The Kier molecular flexibility index (Phi) is 59.4. The maximum Gasteiger partial charge on any atom is 0.472 e. The number of aliphatic hydroxyl groups is 1. The number of ether oxygens (including phenoxy) is 4. The molecule has 0 aliphatic rings. The Morgan fingerprint density at radius 2 is 0.533 bits per heavy atom. The third kappa shape index (κ3) is 63.5. The molecule has 0 heterocycles. The molecule has 19 heteroatoms. The highest BCUT2D eigenvalue weighted by molar-refractivity contribution is 7.47. The van der Waals surface area contributed by atoms with Crippen LogP contribution in [0, 0.1) is 23.7 Å². The lowest BCUT2D eigenvalue weighted by atomic mass is 9.99. The molecule has 0 saturated heterocycles. The van der Waals surface area contributed by atoms with Gasteiger partial charge in [-0.2, -0.15) is 0 Å². The van der Waals surface area contributed by atoms with E-state index in [4.69, 9.17) is 37.0 Å². The molecule has 3 unspecified atom stereocenters. The average Bonchev–Trinajstić information content (AvgIpc) is 3.17. The van der Waals surface area contributed by atoms with Crippen LogP contribution in [-0.4, -0.2) is 96.7 Å². The maximum absolute atomic E-state index is 13.0. The molecule has 0 aromatic rings. The summed E-state index contributed by atoms with van der Waals surface area (Å²) < 4.78 is 68.3. The van der Waals surface area contributed by atoms with Crippen LogP contribution in [0.1, 0.15) is 351 Å². The van der Waals surface area contributed by atoms with E-state index in [1.54, 1.807) is 0 Å². The van der Waals surface area contributed by atoms with E-state index in [0.29, 0.717) is 31.6 Å². The number of esters is 4. The van der Waals surface area contributed by atoms with Crippen LogP contribution in [0.4, 0.5) is 0 Å². The molecule has 90 heavy (non-hydrogen) atoms. The van der Waals surface area contributed by atoms with E-state index in [1.807, 2.05) is 0 Å². The van der Waals surface area contributed by atoms with Crippen molar-refractivity contribution in [3.63, 3.8) is 0 Å². The molecule has 0 radical (unpaired) electrons. The Bertz CT molecular complexity index is 1780. The second kappa shape index (κ2) is 60.7. The van der Waals surface area contributed by atoms with Crippen molar-refractivity contribution in [1.82, 2.24) is 0 Å². The molecule has 0 fully saturated rings. The Morgan fingerprint density at radius 3 is 0.789 bits per heavy atom. The molecule has 0 aromatic heterocycles. The Labute approximate surface area is 549 Å². The molecule has 6 atom stereocenters. The molecular weight excluding hydrogens is 1190 g/mol. The third-order valence-corrected chi connectivity index (χ3v) is 18.6. The van der Waals surface area contributed by atoms with Gasteiger partial charge < -0.3 is 33.8 Å². The van der Waals surface area contributed by atoms with Gasteiger partial charge in [-0.1, -0.05) is 299 Å². The number of unbranched alkanes of at least 4 members (excludes halogenated alkanes) is 33. The summed E-state index contributed by atoms with van der Waals surface area (Å²) in [6.07, 6.45) is 43.3. The average molecular weight is 1330 g/mol. The molecule has 534 valence electrons. The van der Waals surface area contributed by atoms with Gasteiger partial charge in [0.15, 0.2) is 12.2 Å². The fourth-order valence-corrected chi connectivity index (χ4v) is 12.2.